The van der Waals surface area contributed by atoms with Gasteiger partial charge in [0.25, 0.3) is 5.56 Å². The molecule has 2 bridgehead atoms. The minimum Gasteiger partial charge on any atom is -0.460 e. The van der Waals surface area contributed by atoms with E-state index >= 15 is 0 Å². The first kappa shape index (κ1) is 28.9. The van der Waals surface area contributed by atoms with Gasteiger partial charge in [0.2, 0.25) is 0 Å². The lowest BCUT2D eigenvalue weighted by Crippen LogP contribution is -2.46. The molecule has 0 amide bonds. The average Bonchev–Trinajstić information content (AvgIpc) is 3.42. The van der Waals surface area contributed by atoms with Crippen LogP contribution >= 0.6 is 7.75 Å². The second-order valence-electron chi connectivity index (χ2n) is 9.89. The maximum absolute atomic E-state index is 14.0. The Bertz CT molecular complexity index is 1550. The summed E-state index contributed by atoms with van der Waals surface area (Å²) in [6.07, 6.45) is -2.01. The first-order valence-electron chi connectivity index (χ1n) is 12.9. The van der Waals surface area contributed by atoms with E-state index in [2.05, 4.69) is 10.1 Å². The van der Waals surface area contributed by atoms with Gasteiger partial charge in [-0.25, -0.2) is 9.36 Å². The van der Waals surface area contributed by atoms with E-state index < -0.39 is 61.7 Å². The number of fused-ring (bicyclic) bond motifs is 2. The molecule has 2 fully saturated rings. The third kappa shape index (κ3) is 6.20. The highest BCUT2D eigenvalue weighted by atomic mass is 31.2. The van der Waals surface area contributed by atoms with Crippen molar-refractivity contribution in [2.75, 3.05) is 13.2 Å². The van der Waals surface area contributed by atoms with E-state index in [1.807, 2.05) is 18.2 Å². The van der Waals surface area contributed by atoms with Crippen molar-refractivity contribution in [1.29, 1.82) is 0 Å². The van der Waals surface area contributed by atoms with Gasteiger partial charge >= 0.3 is 19.4 Å². The van der Waals surface area contributed by atoms with Crippen LogP contribution in [-0.2, 0) is 34.7 Å². The maximum Gasteiger partial charge on any atom is 0.459 e. The van der Waals surface area contributed by atoms with Gasteiger partial charge in [0.05, 0.1) is 13.2 Å². The van der Waals surface area contributed by atoms with Gasteiger partial charge in [-0.15, -0.1) is 0 Å². The molecule has 2 aliphatic rings. The fraction of sp³-hybridized carbons (Fsp3) is 0.370. The number of rotatable bonds is 11. The second kappa shape index (κ2) is 11.7. The number of para-hydroxylation sites is 1. The Morgan fingerprint density at radius 2 is 1.88 bits per heavy atom. The Kier molecular flexibility index (Phi) is 8.28. The van der Waals surface area contributed by atoms with E-state index in [-0.39, 0.29) is 24.5 Å². The first-order valence-corrected chi connectivity index (χ1v) is 14.4. The smallest absolute Gasteiger partial charge is 0.459 e. The van der Waals surface area contributed by atoms with Crippen molar-refractivity contribution in [2.45, 2.75) is 50.5 Å². The van der Waals surface area contributed by atoms with Crippen LogP contribution in [0.3, 0.4) is 0 Å². The van der Waals surface area contributed by atoms with Gasteiger partial charge in [-0.05, 0) is 31.5 Å². The Morgan fingerprint density at radius 3 is 2.59 bits per heavy atom. The summed E-state index contributed by atoms with van der Waals surface area (Å²) < 4.78 is 43.6. The highest BCUT2D eigenvalue weighted by Crippen LogP contribution is 2.50. The lowest BCUT2D eigenvalue weighted by molar-refractivity contribution is -0.185. The van der Waals surface area contributed by atoms with Crippen molar-refractivity contribution in [3.8, 4) is 5.75 Å². The minimum atomic E-state index is -4.29. The van der Waals surface area contributed by atoms with Crippen molar-refractivity contribution < 1.29 is 37.7 Å². The molecule has 1 unspecified atom stereocenters. The molecule has 13 nitrogen and oxygen atoms in total. The molecule has 0 radical (unpaired) electrons. The van der Waals surface area contributed by atoms with Gasteiger partial charge in [-0.1, -0.05) is 48.5 Å². The van der Waals surface area contributed by atoms with Gasteiger partial charge in [-0.2, -0.15) is 5.09 Å². The number of benzene rings is 2. The molecule has 41 heavy (non-hydrogen) atoms. The van der Waals surface area contributed by atoms with Crippen molar-refractivity contribution in [2.24, 2.45) is 0 Å². The SMILES string of the molecule is Cc1cn([C@@H]2O[C@@]3(COP(=O)(N[C@@H](C)C(=O)OCc4ccccc4)Oc4ccccc4)CO[C@@H]2[C@@H]3O)c(=O)[nH]c1=O. The summed E-state index contributed by atoms with van der Waals surface area (Å²) in [7, 11) is -4.29. The van der Waals surface area contributed by atoms with Gasteiger partial charge in [-0.3, -0.25) is 23.7 Å². The quantitative estimate of drug-likeness (QED) is 0.221. The van der Waals surface area contributed by atoms with Crippen LogP contribution in [0.5, 0.6) is 5.75 Å². The molecule has 1 aromatic heterocycles. The van der Waals surface area contributed by atoms with Gasteiger partial charge < -0.3 is 23.8 Å². The van der Waals surface area contributed by atoms with Gasteiger partial charge in [0.15, 0.2) is 6.23 Å². The summed E-state index contributed by atoms with van der Waals surface area (Å²) in [5.41, 5.74) is -1.77. The Labute approximate surface area is 234 Å². The molecule has 14 heteroatoms. The first-order chi connectivity index (χ1) is 19.6. The van der Waals surface area contributed by atoms with E-state index in [1.165, 1.54) is 20.0 Å². The largest absolute Gasteiger partial charge is 0.460 e. The molecule has 2 aliphatic heterocycles. The molecule has 0 saturated carbocycles. The molecular weight excluding hydrogens is 557 g/mol. The minimum absolute atomic E-state index is 0.0171. The molecular formula is C27H30N3O10P. The zero-order chi connectivity index (χ0) is 29.2. The number of aromatic amines is 1. The van der Waals surface area contributed by atoms with Crippen LogP contribution in [-0.4, -0.2) is 57.7 Å². The summed E-state index contributed by atoms with van der Waals surface area (Å²) in [5.74, 6) is -0.492. The number of ether oxygens (including phenoxy) is 3. The molecule has 0 spiro atoms. The number of nitrogens with zero attached hydrogens (tertiary/aromatic N) is 1. The zero-order valence-corrected chi connectivity index (χ0v) is 23.2. The third-order valence-electron chi connectivity index (χ3n) is 6.80. The number of aryl methyl sites for hydroxylation is 1. The average molecular weight is 588 g/mol. The van der Waals surface area contributed by atoms with E-state index in [9.17, 15) is 24.1 Å². The monoisotopic (exact) mass is 587 g/mol. The van der Waals surface area contributed by atoms with Crippen LogP contribution in [0.15, 0.2) is 76.4 Å². The second-order valence-corrected chi connectivity index (χ2v) is 11.6. The summed E-state index contributed by atoms with van der Waals surface area (Å²) in [6.45, 7) is 2.37. The Morgan fingerprint density at radius 1 is 1.20 bits per heavy atom. The molecule has 3 aromatic rings. The lowest BCUT2D eigenvalue weighted by atomic mass is 10.0. The lowest BCUT2D eigenvalue weighted by Gasteiger charge is -2.32. The predicted octanol–water partition coefficient (Wildman–Crippen LogP) is 1.80. The van der Waals surface area contributed by atoms with E-state index in [0.717, 1.165) is 10.1 Å². The maximum atomic E-state index is 14.0. The number of hydrogen-bond acceptors (Lipinski definition) is 10. The van der Waals surface area contributed by atoms with Crippen molar-refractivity contribution >= 4 is 13.7 Å². The van der Waals surface area contributed by atoms with Crippen molar-refractivity contribution in [3.63, 3.8) is 0 Å². The van der Waals surface area contributed by atoms with Crippen LogP contribution in [0.25, 0.3) is 0 Å². The van der Waals surface area contributed by atoms with E-state index in [0.29, 0.717) is 0 Å². The van der Waals surface area contributed by atoms with Crippen LogP contribution in [0.1, 0.15) is 24.3 Å². The molecule has 6 atom stereocenters. The van der Waals surface area contributed by atoms with Crippen molar-refractivity contribution in [3.05, 3.63) is 98.8 Å². The number of H-pyrrole nitrogens is 1. The van der Waals surface area contributed by atoms with Crippen molar-refractivity contribution in [1.82, 2.24) is 14.6 Å². The standard InChI is InChI=1S/C27H30N3O10P/c1-17-13-30(26(34)28-23(17)32)24-21-22(31)27(39-24,15-37-21)16-38-41(35,40-20-11-7-4-8-12-20)29-18(2)25(33)36-14-19-9-5-3-6-10-19/h3-13,18,21-22,24,31H,14-16H2,1-2H3,(H,29,35)(H,28,32,34)/t18-,21+,22-,24+,27+,41?/m0/s1. The van der Waals surface area contributed by atoms with Crippen LogP contribution in [0, 0.1) is 6.92 Å². The van der Waals surface area contributed by atoms with Crippen LogP contribution in [0.2, 0.25) is 0 Å². The molecule has 3 N–H and O–H groups in total. The van der Waals surface area contributed by atoms with Crippen LogP contribution < -0.4 is 20.9 Å². The number of hydrogen-bond donors (Lipinski definition) is 3. The van der Waals surface area contributed by atoms with Gasteiger partial charge in [0.1, 0.15) is 36.2 Å². The summed E-state index contributed by atoms with van der Waals surface area (Å²) in [4.78, 5) is 39.2. The molecule has 0 aliphatic carbocycles. The number of aromatic nitrogens is 2. The van der Waals surface area contributed by atoms with Gasteiger partial charge in [0, 0.05) is 11.8 Å². The number of aliphatic hydroxyl groups is 1. The topological polar surface area (TPSA) is 167 Å². The highest BCUT2D eigenvalue weighted by Gasteiger charge is 2.63. The molecule has 5 rings (SSSR count). The Hall–Kier alpha value is -3.58. The fourth-order valence-electron chi connectivity index (χ4n) is 4.56. The van der Waals surface area contributed by atoms with E-state index in [4.69, 9.17) is 23.3 Å². The number of nitrogens with one attached hydrogen (secondary N) is 2. The number of esters is 1. The zero-order valence-electron chi connectivity index (χ0n) is 22.3. The molecule has 2 saturated heterocycles. The molecule has 218 valence electrons. The third-order valence-corrected chi connectivity index (χ3v) is 8.43. The molecule has 3 heterocycles. The molecule has 2 aromatic carbocycles. The van der Waals surface area contributed by atoms with E-state index in [1.54, 1.807) is 42.5 Å². The number of carbonyl (C=O) groups is 1. The number of aliphatic hydroxyl groups excluding tert-OH is 1. The summed E-state index contributed by atoms with van der Waals surface area (Å²) in [5, 5.41) is 13.6. The Balaban J connectivity index is 1.32. The summed E-state index contributed by atoms with van der Waals surface area (Å²) in [6, 6.07) is 16.2. The highest BCUT2D eigenvalue weighted by molar-refractivity contribution is 7.52. The fourth-order valence-corrected chi connectivity index (χ4v) is 6.11. The predicted molar refractivity (Wildman–Crippen MR) is 144 cm³/mol. The normalized spacial score (nSPS) is 25.4. The summed E-state index contributed by atoms with van der Waals surface area (Å²) >= 11 is 0. The number of carbonyl (C=O) groups excluding carboxylic acids is 1. The van der Waals surface area contributed by atoms with Crippen LogP contribution in [0.4, 0.5) is 0 Å².